The van der Waals surface area contributed by atoms with Crippen LogP contribution in [0.25, 0.3) is 5.95 Å². The van der Waals surface area contributed by atoms with Crippen LogP contribution in [0.2, 0.25) is 0 Å². The second kappa shape index (κ2) is 5.03. The van der Waals surface area contributed by atoms with E-state index in [1.54, 1.807) is 0 Å². The third kappa shape index (κ3) is 2.40. The molecule has 0 saturated heterocycles. The summed E-state index contributed by atoms with van der Waals surface area (Å²) in [6.45, 7) is 3.09. The number of nitrogens with one attached hydrogen (secondary N) is 1. The van der Waals surface area contributed by atoms with Crippen LogP contribution in [0.3, 0.4) is 0 Å². The minimum Gasteiger partial charge on any atom is -0.368 e. The summed E-state index contributed by atoms with van der Waals surface area (Å²) >= 11 is 0. The maximum absolute atomic E-state index is 5.72. The molecule has 2 aromatic heterocycles. The smallest absolute Gasteiger partial charge is 0.258 e. The number of anilines is 2. The Hall–Kier alpha value is -2.25. The molecule has 1 fully saturated rings. The first-order valence-electron chi connectivity index (χ1n) is 6.81. The molecule has 0 aliphatic heterocycles. The maximum atomic E-state index is 5.72. The Labute approximate surface area is 116 Å². The molecular formula is C12H18N8. The largest absolute Gasteiger partial charge is 0.368 e. The average Bonchev–Trinajstić information content (AvgIpc) is 2.91. The van der Waals surface area contributed by atoms with Crippen LogP contribution in [-0.2, 0) is 0 Å². The van der Waals surface area contributed by atoms with Gasteiger partial charge in [0.1, 0.15) is 12.7 Å². The van der Waals surface area contributed by atoms with Crippen molar-refractivity contribution in [1.82, 2.24) is 29.7 Å². The predicted octanol–water partition coefficient (Wildman–Crippen LogP) is 1.03. The van der Waals surface area contributed by atoms with Gasteiger partial charge in [0.05, 0.1) is 0 Å². The number of hydrogen-bond acceptors (Lipinski definition) is 7. The molecule has 0 amide bonds. The third-order valence-corrected chi connectivity index (χ3v) is 4.05. The highest BCUT2D eigenvalue weighted by molar-refractivity contribution is 5.35. The van der Waals surface area contributed by atoms with Gasteiger partial charge in [-0.3, -0.25) is 0 Å². The van der Waals surface area contributed by atoms with Crippen LogP contribution in [0.4, 0.5) is 11.9 Å². The molecule has 0 radical (unpaired) electrons. The summed E-state index contributed by atoms with van der Waals surface area (Å²) in [7, 11) is 0. The summed E-state index contributed by atoms with van der Waals surface area (Å²) in [5.74, 6) is 1.03. The van der Waals surface area contributed by atoms with Gasteiger partial charge in [-0.2, -0.15) is 24.7 Å². The highest BCUT2D eigenvalue weighted by atomic mass is 15.4. The molecule has 8 nitrogen and oxygen atoms in total. The molecule has 3 rings (SSSR count). The lowest BCUT2D eigenvalue weighted by atomic mass is 9.67. The first kappa shape index (κ1) is 12.8. The summed E-state index contributed by atoms with van der Waals surface area (Å²) in [5.41, 5.74) is 6.10. The van der Waals surface area contributed by atoms with E-state index in [1.165, 1.54) is 36.6 Å². The van der Waals surface area contributed by atoms with Crippen LogP contribution in [0.1, 0.15) is 32.6 Å². The molecule has 0 spiro atoms. The second-order valence-electron chi connectivity index (χ2n) is 5.22. The molecule has 106 valence electrons. The summed E-state index contributed by atoms with van der Waals surface area (Å²) in [4.78, 5) is 16.4. The molecule has 8 heteroatoms. The van der Waals surface area contributed by atoms with Gasteiger partial charge in [-0.15, -0.1) is 0 Å². The van der Waals surface area contributed by atoms with Crippen LogP contribution >= 0.6 is 0 Å². The zero-order valence-corrected chi connectivity index (χ0v) is 11.5. The fraction of sp³-hybridized carbons (Fsp3) is 0.583. The number of nitrogens with two attached hydrogens (primary N) is 1. The van der Waals surface area contributed by atoms with E-state index in [-0.39, 0.29) is 5.95 Å². The minimum absolute atomic E-state index is 0.173. The molecule has 3 N–H and O–H groups in total. The lowest BCUT2D eigenvalue weighted by Gasteiger charge is -2.41. The minimum atomic E-state index is 0.173. The van der Waals surface area contributed by atoms with E-state index >= 15 is 0 Å². The molecule has 2 aromatic rings. The standard InChI is InChI=1S/C12H18N8/c1-2-12(4-3-5-12)6-15-10-17-9(13)18-11(19-10)20-8-14-7-16-20/h7-8H,2-6H2,1H3,(H3,13,15,17,18,19). The van der Waals surface area contributed by atoms with Crippen molar-refractivity contribution >= 4 is 11.9 Å². The van der Waals surface area contributed by atoms with Crippen molar-refractivity contribution in [3.63, 3.8) is 0 Å². The SMILES string of the molecule is CCC1(CNc2nc(N)nc(-n3cncn3)n2)CCC1. The average molecular weight is 274 g/mol. The third-order valence-electron chi connectivity index (χ3n) is 4.05. The Morgan fingerprint density at radius 2 is 2.20 bits per heavy atom. The van der Waals surface area contributed by atoms with Crippen molar-refractivity contribution in [2.75, 3.05) is 17.6 Å². The van der Waals surface area contributed by atoms with Gasteiger partial charge in [0.25, 0.3) is 5.95 Å². The molecule has 1 aliphatic carbocycles. The van der Waals surface area contributed by atoms with Crippen molar-refractivity contribution < 1.29 is 0 Å². The van der Waals surface area contributed by atoms with Gasteiger partial charge in [0, 0.05) is 6.54 Å². The van der Waals surface area contributed by atoms with Gasteiger partial charge >= 0.3 is 0 Å². The molecule has 2 heterocycles. The number of rotatable bonds is 5. The van der Waals surface area contributed by atoms with Crippen LogP contribution in [-0.4, -0.2) is 36.3 Å². The van der Waals surface area contributed by atoms with Gasteiger partial charge in [0.15, 0.2) is 0 Å². The summed E-state index contributed by atoms with van der Waals surface area (Å²) in [6.07, 6.45) is 7.93. The Kier molecular flexibility index (Phi) is 3.21. The van der Waals surface area contributed by atoms with Crippen LogP contribution in [0.5, 0.6) is 0 Å². The molecule has 0 aromatic carbocycles. The lowest BCUT2D eigenvalue weighted by Crippen LogP contribution is -2.36. The molecule has 0 unspecified atom stereocenters. The molecule has 1 aliphatic rings. The summed E-state index contributed by atoms with van der Waals surface area (Å²) in [6, 6.07) is 0. The molecule has 0 bridgehead atoms. The van der Waals surface area contributed by atoms with E-state index < -0.39 is 0 Å². The zero-order valence-electron chi connectivity index (χ0n) is 11.5. The molecule has 0 atom stereocenters. The van der Waals surface area contributed by atoms with E-state index in [4.69, 9.17) is 5.73 Å². The second-order valence-corrected chi connectivity index (χ2v) is 5.22. The lowest BCUT2D eigenvalue weighted by molar-refractivity contribution is 0.144. The maximum Gasteiger partial charge on any atom is 0.258 e. The monoisotopic (exact) mass is 274 g/mol. The van der Waals surface area contributed by atoms with Crippen LogP contribution < -0.4 is 11.1 Å². The van der Waals surface area contributed by atoms with Crippen molar-refractivity contribution in [2.45, 2.75) is 32.6 Å². The first-order chi connectivity index (χ1) is 9.71. The van der Waals surface area contributed by atoms with Gasteiger partial charge in [-0.1, -0.05) is 13.3 Å². The van der Waals surface area contributed by atoms with Crippen LogP contribution in [0.15, 0.2) is 12.7 Å². The highest BCUT2D eigenvalue weighted by Crippen LogP contribution is 2.43. The topological polar surface area (TPSA) is 107 Å². The van der Waals surface area contributed by atoms with Gasteiger partial charge in [0.2, 0.25) is 11.9 Å². The van der Waals surface area contributed by atoms with Gasteiger partial charge in [-0.25, -0.2) is 4.98 Å². The Morgan fingerprint density at radius 1 is 1.35 bits per heavy atom. The quantitative estimate of drug-likeness (QED) is 0.838. The molecule has 20 heavy (non-hydrogen) atoms. The summed E-state index contributed by atoms with van der Waals surface area (Å²) in [5, 5.41) is 7.27. The van der Waals surface area contributed by atoms with Crippen molar-refractivity contribution in [3.8, 4) is 5.95 Å². The number of aromatic nitrogens is 6. The Bertz CT molecular complexity index is 570. The van der Waals surface area contributed by atoms with E-state index in [2.05, 4.69) is 37.3 Å². The van der Waals surface area contributed by atoms with Gasteiger partial charge < -0.3 is 11.1 Å². The van der Waals surface area contributed by atoms with E-state index in [1.807, 2.05) is 0 Å². The van der Waals surface area contributed by atoms with Crippen molar-refractivity contribution in [2.24, 2.45) is 5.41 Å². The molecular weight excluding hydrogens is 256 g/mol. The predicted molar refractivity (Wildman–Crippen MR) is 74.2 cm³/mol. The van der Waals surface area contributed by atoms with Crippen molar-refractivity contribution in [1.29, 1.82) is 0 Å². The van der Waals surface area contributed by atoms with Crippen molar-refractivity contribution in [3.05, 3.63) is 12.7 Å². The Balaban J connectivity index is 1.76. The number of nitrogen functional groups attached to an aromatic ring is 1. The molecule has 1 saturated carbocycles. The normalized spacial score (nSPS) is 16.6. The van der Waals surface area contributed by atoms with Crippen LogP contribution in [0, 0.1) is 5.41 Å². The Morgan fingerprint density at radius 3 is 2.80 bits per heavy atom. The van der Waals surface area contributed by atoms with E-state index in [0.717, 1.165) is 13.0 Å². The highest BCUT2D eigenvalue weighted by Gasteiger charge is 2.34. The van der Waals surface area contributed by atoms with E-state index in [0.29, 0.717) is 17.3 Å². The number of hydrogen-bond donors (Lipinski definition) is 2. The fourth-order valence-corrected chi connectivity index (χ4v) is 2.47. The summed E-state index contributed by atoms with van der Waals surface area (Å²) < 4.78 is 1.46. The zero-order chi connectivity index (χ0) is 14.0. The number of nitrogens with zero attached hydrogens (tertiary/aromatic N) is 6. The first-order valence-corrected chi connectivity index (χ1v) is 6.81. The fourth-order valence-electron chi connectivity index (χ4n) is 2.47. The van der Waals surface area contributed by atoms with E-state index in [9.17, 15) is 0 Å². The van der Waals surface area contributed by atoms with Gasteiger partial charge in [-0.05, 0) is 24.7 Å².